The molecule has 1 aliphatic heterocycles. The van der Waals surface area contributed by atoms with Crippen LogP contribution in [0.2, 0.25) is 6.82 Å². The Labute approximate surface area is 130 Å². The minimum atomic E-state index is -0.989. The van der Waals surface area contributed by atoms with Gasteiger partial charge in [0.05, 0.1) is 6.61 Å². The predicted molar refractivity (Wildman–Crippen MR) is 82.8 cm³/mol. The van der Waals surface area contributed by atoms with Gasteiger partial charge in [0.2, 0.25) is 0 Å². The van der Waals surface area contributed by atoms with Crippen LogP contribution >= 0.6 is 0 Å². The van der Waals surface area contributed by atoms with Crippen molar-refractivity contribution in [2.24, 2.45) is 0 Å². The number of nitrogens with one attached hydrogen (secondary N) is 1. The Bertz CT molecular complexity index is 473. The van der Waals surface area contributed by atoms with Gasteiger partial charge in [0, 0.05) is 6.42 Å². The standard InChI is InChI=1S/C15H22BNO5/c1-16(20)17-13(15(18)19)10-11-5-7-12(8-6-11)22-14-4-2-3-9-21-14/h5-8,13-14,17,20H,2-4,9-10H2,1H3,(H,18,19). The second-order valence-corrected chi connectivity index (χ2v) is 5.50. The Hall–Kier alpha value is -1.57. The van der Waals surface area contributed by atoms with Crippen molar-refractivity contribution >= 4 is 13.0 Å². The summed E-state index contributed by atoms with van der Waals surface area (Å²) in [6.07, 6.45) is 3.17. The first-order valence-electron chi connectivity index (χ1n) is 7.58. The highest BCUT2D eigenvalue weighted by molar-refractivity contribution is 6.46. The topological polar surface area (TPSA) is 88.0 Å². The summed E-state index contributed by atoms with van der Waals surface area (Å²) >= 11 is 0. The normalized spacial score (nSPS) is 19.5. The van der Waals surface area contributed by atoms with E-state index in [4.69, 9.17) is 14.6 Å². The van der Waals surface area contributed by atoms with Gasteiger partial charge >= 0.3 is 13.0 Å². The van der Waals surface area contributed by atoms with Crippen molar-refractivity contribution in [3.8, 4) is 5.75 Å². The fourth-order valence-corrected chi connectivity index (χ4v) is 2.40. The van der Waals surface area contributed by atoms with Crippen LogP contribution in [0, 0.1) is 0 Å². The third-order valence-electron chi connectivity index (χ3n) is 3.51. The number of aliphatic carboxylic acids is 1. The van der Waals surface area contributed by atoms with Gasteiger partial charge < -0.3 is 24.8 Å². The van der Waals surface area contributed by atoms with Crippen LogP contribution in [-0.2, 0) is 16.0 Å². The van der Waals surface area contributed by atoms with Crippen molar-refractivity contribution < 1.29 is 24.4 Å². The Kier molecular flexibility index (Phi) is 6.24. The second-order valence-electron chi connectivity index (χ2n) is 5.50. The number of rotatable bonds is 7. The predicted octanol–water partition coefficient (Wildman–Crippen LogP) is 1.29. The number of carboxylic acids is 1. The lowest BCUT2D eigenvalue weighted by molar-refractivity contribution is -0.139. The van der Waals surface area contributed by atoms with Crippen molar-refractivity contribution in [1.82, 2.24) is 5.23 Å². The van der Waals surface area contributed by atoms with Crippen molar-refractivity contribution in [1.29, 1.82) is 0 Å². The highest BCUT2D eigenvalue weighted by Crippen LogP contribution is 2.20. The largest absolute Gasteiger partial charge is 0.480 e. The van der Waals surface area contributed by atoms with Crippen LogP contribution in [0.25, 0.3) is 0 Å². The number of benzene rings is 1. The molecule has 2 unspecified atom stereocenters. The van der Waals surface area contributed by atoms with E-state index in [2.05, 4.69) is 5.23 Å². The van der Waals surface area contributed by atoms with Gasteiger partial charge in [-0.25, -0.2) is 0 Å². The summed E-state index contributed by atoms with van der Waals surface area (Å²) in [4.78, 5) is 11.2. The molecule has 0 spiro atoms. The third-order valence-corrected chi connectivity index (χ3v) is 3.51. The van der Waals surface area contributed by atoms with E-state index in [0.717, 1.165) is 31.4 Å². The number of carbonyl (C=O) groups is 1. The number of carboxylic acid groups (broad SMARTS) is 1. The van der Waals surface area contributed by atoms with Crippen LogP contribution in [-0.4, -0.2) is 42.1 Å². The summed E-state index contributed by atoms with van der Waals surface area (Å²) in [5.41, 5.74) is 0.859. The first-order valence-corrected chi connectivity index (χ1v) is 7.58. The van der Waals surface area contributed by atoms with Gasteiger partial charge in [-0.2, -0.15) is 0 Å². The smallest absolute Gasteiger partial charge is 0.374 e. The highest BCUT2D eigenvalue weighted by Gasteiger charge is 2.21. The Morgan fingerprint density at radius 2 is 2.18 bits per heavy atom. The molecule has 0 amide bonds. The maximum atomic E-state index is 11.2. The minimum absolute atomic E-state index is 0.191. The molecule has 1 saturated heterocycles. The summed E-state index contributed by atoms with van der Waals surface area (Å²) in [6, 6.07) is 6.46. The molecule has 0 saturated carbocycles. The maximum absolute atomic E-state index is 11.2. The zero-order chi connectivity index (χ0) is 15.9. The van der Waals surface area contributed by atoms with Crippen LogP contribution in [0.3, 0.4) is 0 Å². The molecule has 0 bridgehead atoms. The maximum Gasteiger partial charge on any atom is 0.374 e. The van der Waals surface area contributed by atoms with Gasteiger partial charge in [0.15, 0.2) is 6.29 Å². The van der Waals surface area contributed by atoms with Crippen molar-refractivity contribution in [3.05, 3.63) is 29.8 Å². The molecule has 7 heteroatoms. The molecule has 0 radical (unpaired) electrons. The van der Waals surface area contributed by atoms with Gasteiger partial charge in [0.1, 0.15) is 11.8 Å². The molecule has 1 aromatic carbocycles. The second kappa shape index (κ2) is 8.17. The van der Waals surface area contributed by atoms with E-state index < -0.39 is 19.1 Å². The first kappa shape index (κ1) is 16.8. The summed E-state index contributed by atoms with van der Waals surface area (Å²) in [7, 11) is -0.868. The number of hydrogen-bond acceptors (Lipinski definition) is 5. The minimum Gasteiger partial charge on any atom is -0.480 e. The molecule has 1 aliphatic rings. The molecular weight excluding hydrogens is 285 g/mol. The molecule has 22 heavy (non-hydrogen) atoms. The quantitative estimate of drug-likeness (QED) is 0.658. The lowest BCUT2D eigenvalue weighted by Gasteiger charge is -2.23. The Balaban J connectivity index is 1.91. The summed E-state index contributed by atoms with van der Waals surface area (Å²) in [6.45, 7) is 2.23. The Morgan fingerprint density at radius 3 is 2.73 bits per heavy atom. The number of hydrogen-bond donors (Lipinski definition) is 3. The average Bonchev–Trinajstić information content (AvgIpc) is 2.49. The average molecular weight is 307 g/mol. The fraction of sp³-hybridized carbons (Fsp3) is 0.533. The third kappa shape index (κ3) is 5.33. The first-order chi connectivity index (χ1) is 10.5. The Morgan fingerprint density at radius 1 is 1.45 bits per heavy atom. The van der Waals surface area contributed by atoms with E-state index in [1.54, 1.807) is 0 Å². The van der Waals surface area contributed by atoms with E-state index in [1.807, 2.05) is 24.3 Å². The van der Waals surface area contributed by atoms with E-state index in [-0.39, 0.29) is 6.29 Å². The van der Waals surface area contributed by atoms with Crippen LogP contribution < -0.4 is 9.96 Å². The van der Waals surface area contributed by atoms with Crippen LogP contribution in [0.4, 0.5) is 0 Å². The molecule has 2 rings (SSSR count). The van der Waals surface area contributed by atoms with Crippen molar-refractivity contribution in [3.63, 3.8) is 0 Å². The molecule has 3 N–H and O–H groups in total. The molecular formula is C15H22BNO5. The zero-order valence-corrected chi connectivity index (χ0v) is 12.7. The molecule has 6 nitrogen and oxygen atoms in total. The molecule has 120 valence electrons. The van der Waals surface area contributed by atoms with E-state index in [1.165, 1.54) is 6.82 Å². The monoisotopic (exact) mass is 307 g/mol. The van der Waals surface area contributed by atoms with Gasteiger partial charge in [-0.15, -0.1) is 0 Å². The van der Waals surface area contributed by atoms with Gasteiger partial charge in [0.25, 0.3) is 0 Å². The fourth-order valence-electron chi connectivity index (χ4n) is 2.40. The van der Waals surface area contributed by atoms with Crippen LogP contribution in [0.5, 0.6) is 5.75 Å². The SMILES string of the molecule is CB(O)NC(Cc1ccc(OC2CCCCO2)cc1)C(=O)O. The summed E-state index contributed by atoms with van der Waals surface area (Å²) < 4.78 is 11.2. The molecule has 1 fully saturated rings. The van der Waals surface area contributed by atoms with Gasteiger partial charge in [-0.05, 0) is 43.8 Å². The van der Waals surface area contributed by atoms with Gasteiger partial charge in [-0.3, -0.25) is 4.79 Å². The van der Waals surface area contributed by atoms with Gasteiger partial charge in [-0.1, -0.05) is 12.1 Å². The lowest BCUT2D eigenvalue weighted by Crippen LogP contribution is -2.46. The molecule has 2 atom stereocenters. The van der Waals surface area contributed by atoms with E-state index >= 15 is 0 Å². The number of ether oxygens (including phenoxy) is 2. The van der Waals surface area contributed by atoms with Crippen LogP contribution in [0.15, 0.2) is 24.3 Å². The van der Waals surface area contributed by atoms with Crippen LogP contribution in [0.1, 0.15) is 24.8 Å². The molecule has 1 heterocycles. The summed E-state index contributed by atoms with van der Waals surface area (Å²) in [5, 5.41) is 21.0. The zero-order valence-electron chi connectivity index (χ0n) is 12.7. The molecule has 0 aliphatic carbocycles. The molecule has 1 aromatic rings. The lowest BCUT2D eigenvalue weighted by atomic mass is 9.86. The highest BCUT2D eigenvalue weighted by atomic mass is 16.7. The van der Waals surface area contributed by atoms with Crippen molar-refractivity contribution in [2.45, 2.75) is 44.8 Å². The van der Waals surface area contributed by atoms with Crippen molar-refractivity contribution in [2.75, 3.05) is 6.61 Å². The summed E-state index contributed by atoms with van der Waals surface area (Å²) in [5.74, 6) is -0.275. The molecule has 0 aromatic heterocycles. The van der Waals surface area contributed by atoms with E-state index in [9.17, 15) is 9.82 Å². The van der Waals surface area contributed by atoms with E-state index in [0.29, 0.717) is 12.2 Å².